The highest BCUT2D eigenvalue weighted by Gasteiger charge is 2.47. The summed E-state index contributed by atoms with van der Waals surface area (Å²) >= 11 is 8.10. The van der Waals surface area contributed by atoms with Crippen LogP contribution in [0.2, 0.25) is 5.15 Å². The van der Waals surface area contributed by atoms with Gasteiger partial charge in [-0.1, -0.05) is 28.9 Å². The van der Waals surface area contributed by atoms with E-state index in [2.05, 4.69) is 17.9 Å². The summed E-state index contributed by atoms with van der Waals surface area (Å²) in [5, 5.41) is 11.3. The van der Waals surface area contributed by atoms with Crippen molar-refractivity contribution < 1.29 is 14.6 Å². The van der Waals surface area contributed by atoms with Crippen LogP contribution >= 0.6 is 23.4 Å². The van der Waals surface area contributed by atoms with Crippen LogP contribution in [0.4, 0.5) is 5.82 Å². The summed E-state index contributed by atoms with van der Waals surface area (Å²) in [6, 6.07) is 2.20. The topological polar surface area (TPSA) is 107 Å². The summed E-state index contributed by atoms with van der Waals surface area (Å²) in [4.78, 5) is 17.3. The number of hydrogen-bond donors (Lipinski definition) is 2. The number of methoxy groups -OCH3 is 1. The maximum absolute atomic E-state index is 10.1. The predicted octanol–water partition coefficient (Wildman–Crippen LogP) is 4.01. The molecule has 0 aromatic carbocycles. The molecule has 2 aliphatic carbocycles. The molecule has 3 N–H and O–H groups in total. The van der Waals surface area contributed by atoms with Gasteiger partial charge in [-0.05, 0) is 56.2 Å². The van der Waals surface area contributed by atoms with Gasteiger partial charge in [0, 0.05) is 38.1 Å². The summed E-state index contributed by atoms with van der Waals surface area (Å²) in [5.74, 6) is 0.741. The second-order valence-corrected chi connectivity index (χ2v) is 12.2. The summed E-state index contributed by atoms with van der Waals surface area (Å²) in [6.45, 7) is 4.24. The van der Waals surface area contributed by atoms with E-state index in [1.54, 1.807) is 13.3 Å². The van der Waals surface area contributed by atoms with E-state index in [4.69, 9.17) is 41.8 Å². The molecule has 1 unspecified atom stereocenters. The Morgan fingerprint density at radius 1 is 1.32 bits per heavy atom. The molecular weight excluding hydrogens is 510 g/mol. The molecule has 3 atom stereocenters. The number of rotatable bonds is 5. The molecule has 198 valence electrons. The molecule has 2 fully saturated rings. The molecule has 6 rings (SSSR count). The average molecular weight is 544 g/mol. The number of piperidine rings is 1. The molecule has 2 aliphatic heterocycles. The number of halogens is 1. The van der Waals surface area contributed by atoms with E-state index in [1.165, 1.54) is 28.5 Å². The van der Waals surface area contributed by atoms with Gasteiger partial charge in [0.25, 0.3) is 0 Å². The number of nitrogens with zero attached hydrogens (tertiary/aromatic N) is 4. The van der Waals surface area contributed by atoms with Crippen molar-refractivity contribution in [3.8, 4) is 0 Å². The van der Waals surface area contributed by atoms with Crippen molar-refractivity contribution in [2.24, 2.45) is 11.1 Å². The number of ether oxygens (including phenoxy) is 2. The van der Waals surface area contributed by atoms with E-state index < -0.39 is 0 Å². The van der Waals surface area contributed by atoms with E-state index >= 15 is 0 Å². The van der Waals surface area contributed by atoms with Crippen LogP contribution in [0.25, 0.3) is 5.57 Å². The number of fused-ring (bicyclic) bond motifs is 2. The van der Waals surface area contributed by atoms with Crippen LogP contribution < -0.4 is 10.6 Å². The van der Waals surface area contributed by atoms with Crippen LogP contribution in [0.3, 0.4) is 0 Å². The Labute approximate surface area is 227 Å². The minimum absolute atomic E-state index is 0.0361. The zero-order valence-electron chi connectivity index (χ0n) is 21.4. The molecule has 0 bridgehead atoms. The highest BCUT2D eigenvalue weighted by atomic mass is 35.5. The number of anilines is 1. The fraction of sp³-hybridized carbons (Fsp3) is 0.593. The lowest BCUT2D eigenvalue weighted by atomic mass is 9.73. The van der Waals surface area contributed by atoms with Gasteiger partial charge in [-0.2, -0.15) is 0 Å². The summed E-state index contributed by atoms with van der Waals surface area (Å²) in [6.07, 6.45) is 7.94. The van der Waals surface area contributed by atoms with Gasteiger partial charge in [0.15, 0.2) is 5.82 Å². The van der Waals surface area contributed by atoms with Gasteiger partial charge in [-0.15, -0.1) is 0 Å². The van der Waals surface area contributed by atoms with Gasteiger partial charge in [0.2, 0.25) is 0 Å². The molecule has 4 aliphatic rings. The Bertz CT molecular complexity index is 1230. The largest absolute Gasteiger partial charge is 0.390 e. The number of nitrogens with two attached hydrogens (primary N) is 1. The maximum Gasteiger partial charge on any atom is 0.152 e. The Morgan fingerprint density at radius 2 is 2.14 bits per heavy atom. The zero-order chi connectivity index (χ0) is 25.7. The van der Waals surface area contributed by atoms with Gasteiger partial charge >= 0.3 is 0 Å². The molecule has 0 saturated carbocycles. The Morgan fingerprint density at radius 3 is 2.84 bits per heavy atom. The highest BCUT2D eigenvalue weighted by molar-refractivity contribution is 7.99. The van der Waals surface area contributed by atoms with Gasteiger partial charge in [0.1, 0.15) is 15.9 Å². The number of aliphatic hydroxyl groups excluding tert-OH is 1. The normalized spacial score (nSPS) is 26.6. The first-order chi connectivity index (χ1) is 17.9. The Balaban J connectivity index is 1.18. The van der Waals surface area contributed by atoms with Crippen LogP contribution in [-0.2, 0) is 22.5 Å². The van der Waals surface area contributed by atoms with E-state index in [9.17, 15) is 5.11 Å². The fourth-order valence-corrected chi connectivity index (χ4v) is 7.47. The zero-order valence-corrected chi connectivity index (χ0v) is 22.9. The average Bonchev–Trinajstić information content (AvgIpc) is 3.40. The molecule has 8 nitrogen and oxygen atoms in total. The van der Waals surface area contributed by atoms with Crippen molar-refractivity contribution >= 4 is 34.8 Å². The highest BCUT2D eigenvalue weighted by Crippen LogP contribution is 2.45. The first-order valence-electron chi connectivity index (χ1n) is 13.1. The molecule has 10 heteroatoms. The van der Waals surface area contributed by atoms with Crippen LogP contribution in [0.1, 0.15) is 56.0 Å². The van der Waals surface area contributed by atoms with Gasteiger partial charge in [0.05, 0.1) is 42.2 Å². The Kier molecular flexibility index (Phi) is 6.96. The molecule has 2 saturated heterocycles. The predicted molar refractivity (Wildman–Crippen MR) is 144 cm³/mol. The van der Waals surface area contributed by atoms with Gasteiger partial charge in [-0.25, -0.2) is 15.0 Å². The van der Waals surface area contributed by atoms with E-state index in [-0.39, 0.29) is 30.3 Å². The maximum atomic E-state index is 10.1. The number of aromatic nitrogens is 3. The summed E-state index contributed by atoms with van der Waals surface area (Å²) in [7, 11) is 1.78. The quantitative estimate of drug-likeness (QED) is 0.541. The third-order valence-corrected chi connectivity index (χ3v) is 10.1. The number of aliphatic hydroxyl groups is 1. The molecule has 37 heavy (non-hydrogen) atoms. The van der Waals surface area contributed by atoms with Crippen molar-refractivity contribution in [1.82, 2.24) is 15.0 Å². The lowest BCUT2D eigenvalue weighted by molar-refractivity contribution is 0.0965. The molecule has 2 aromatic heterocycles. The SMILES string of the molecule is COC1CCC2=C(C1)c1nc(Cl)c(Sc3cnc(N4CCC5(CC4)CO[C@@H](C)[C@H]5N)c(CO)n3)cc1C2. The lowest BCUT2D eigenvalue weighted by Crippen LogP contribution is -2.51. The van der Waals surface area contributed by atoms with Crippen molar-refractivity contribution in [2.45, 2.75) is 80.2 Å². The van der Waals surface area contributed by atoms with Crippen molar-refractivity contribution in [1.29, 1.82) is 0 Å². The Hall–Kier alpha value is -1.75. The molecule has 2 aromatic rings. The molecular formula is C27H34ClN5O3S. The third-order valence-electron chi connectivity index (χ3n) is 8.74. The van der Waals surface area contributed by atoms with Crippen molar-refractivity contribution in [3.63, 3.8) is 0 Å². The second kappa shape index (κ2) is 10.1. The monoisotopic (exact) mass is 543 g/mol. The minimum atomic E-state index is -0.175. The van der Waals surface area contributed by atoms with Crippen LogP contribution in [0.15, 0.2) is 27.8 Å². The summed E-state index contributed by atoms with van der Waals surface area (Å²) in [5.41, 5.74) is 12.1. The van der Waals surface area contributed by atoms with Crippen LogP contribution in [0, 0.1) is 5.41 Å². The number of hydrogen-bond acceptors (Lipinski definition) is 9. The fourth-order valence-electron chi connectivity index (χ4n) is 6.40. The van der Waals surface area contributed by atoms with Gasteiger partial charge < -0.3 is 25.2 Å². The number of allylic oxidation sites excluding steroid dienone is 1. The van der Waals surface area contributed by atoms with Crippen molar-refractivity contribution in [3.05, 3.63) is 39.9 Å². The first-order valence-corrected chi connectivity index (χ1v) is 14.3. The van der Waals surface area contributed by atoms with E-state index in [0.717, 1.165) is 74.6 Å². The lowest BCUT2D eigenvalue weighted by Gasteiger charge is -2.41. The molecule has 0 amide bonds. The first kappa shape index (κ1) is 25.5. The van der Waals surface area contributed by atoms with Crippen LogP contribution in [-0.4, -0.2) is 65.1 Å². The molecule has 1 spiro atoms. The summed E-state index contributed by atoms with van der Waals surface area (Å²) < 4.78 is 11.5. The minimum Gasteiger partial charge on any atom is -0.390 e. The standard InChI is InChI=1S/C27H34ClN5O3S/c1-15-24(29)27(14-36-15)5-7-33(8-6-27)26-20(13-34)31-22(12-30-26)37-21-10-17-9-16-3-4-18(35-2)11-19(16)23(17)32-25(21)28/h10,12,15,18,24,34H,3-9,11,13-14,29H2,1-2H3/t15-,18?,24+/m0/s1. The molecule has 4 heterocycles. The third kappa shape index (κ3) is 4.57. The van der Waals surface area contributed by atoms with Crippen LogP contribution in [0.5, 0.6) is 0 Å². The van der Waals surface area contributed by atoms with E-state index in [0.29, 0.717) is 15.9 Å². The number of pyridine rings is 1. The van der Waals surface area contributed by atoms with Gasteiger partial charge in [-0.3, -0.25) is 0 Å². The second-order valence-electron chi connectivity index (χ2n) is 10.8. The van der Waals surface area contributed by atoms with E-state index in [1.807, 2.05) is 0 Å². The smallest absolute Gasteiger partial charge is 0.152 e. The van der Waals surface area contributed by atoms with Crippen molar-refractivity contribution in [2.75, 3.05) is 31.7 Å². The molecule has 0 radical (unpaired) electrons.